The summed E-state index contributed by atoms with van der Waals surface area (Å²) in [6, 6.07) is 12.4. The number of pyridine rings is 1. The predicted molar refractivity (Wildman–Crippen MR) is 85.3 cm³/mol. The van der Waals surface area contributed by atoms with Gasteiger partial charge in [0, 0.05) is 24.5 Å². The number of aliphatic carboxylic acids is 1. The molecule has 4 nitrogen and oxygen atoms in total. The molecule has 0 amide bonds. The van der Waals surface area contributed by atoms with Crippen LogP contribution >= 0.6 is 0 Å². The van der Waals surface area contributed by atoms with Gasteiger partial charge in [-0.3, -0.25) is 9.78 Å². The molecule has 0 atom stereocenters. The lowest BCUT2D eigenvalue weighted by molar-refractivity contribution is -0.139. The minimum absolute atomic E-state index is 0.199. The molecule has 2 N–H and O–H groups in total. The fourth-order valence-electron chi connectivity index (χ4n) is 2.96. The van der Waals surface area contributed by atoms with E-state index in [0.717, 1.165) is 30.4 Å². The smallest absolute Gasteiger partial charge is 0.305 e. The fraction of sp³-hybridized carbons (Fsp3) is 0.333. The van der Waals surface area contributed by atoms with Crippen molar-refractivity contribution in [2.75, 3.05) is 0 Å². The van der Waals surface area contributed by atoms with Gasteiger partial charge in [0.15, 0.2) is 0 Å². The Labute approximate surface area is 130 Å². The lowest BCUT2D eigenvalue weighted by Crippen LogP contribution is -2.51. The third-order valence-corrected chi connectivity index (χ3v) is 4.44. The number of aromatic nitrogens is 1. The van der Waals surface area contributed by atoms with Gasteiger partial charge in [-0.2, -0.15) is 0 Å². The SMILES string of the molecule is O=C(O)CC1(NCc2ccc(-c3ccncc3)cc2)CCC1. The molecule has 114 valence electrons. The van der Waals surface area contributed by atoms with Gasteiger partial charge >= 0.3 is 5.97 Å². The van der Waals surface area contributed by atoms with Crippen molar-refractivity contribution in [3.05, 3.63) is 54.4 Å². The number of nitrogens with zero attached hydrogens (tertiary/aromatic N) is 1. The third kappa shape index (κ3) is 3.34. The normalized spacial score (nSPS) is 16.0. The minimum Gasteiger partial charge on any atom is -0.481 e. The highest BCUT2D eigenvalue weighted by atomic mass is 16.4. The summed E-state index contributed by atoms with van der Waals surface area (Å²) >= 11 is 0. The first-order valence-electron chi connectivity index (χ1n) is 7.63. The Morgan fingerprint density at radius 1 is 1.09 bits per heavy atom. The zero-order valence-electron chi connectivity index (χ0n) is 12.5. The maximum Gasteiger partial charge on any atom is 0.305 e. The number of hydrogen-bond donors (Lipinski definition) is 2. The fourth-order valence-corrected chi connectivity index (χ4v) is 2.96. The topological polar surface area (TPSA) is 62.2 Å². The largest absolute Gasteiger partial charge is 0.481 e. The van der Waals surface area contributed by atoms with Crippen LogP contribution in [0.25, 0.3) is 11.1 Å². The van der Waals surface area contributed by atoms with Crippen LogP contribution in [0.5, 0.6) is 0 Å². The second-order valence-corrected chi connectivity index (χ2v) is 5.99. The molecule has 0 radical (unpaired) electrons. The molecule has 1 aromatic heterocycles. The number of hydrogen-bond acceptors (Lipinski definition) is 3. The van der Waals surface area contributed by atoms with E-state index in [9.17, 15) is 4.79 Å². The average Bonchev–Trinajstić information content (AvgIpc) is 2.51. The van der Waals surface area contributed by atoms with Crippen LogP contribution in [0.15, 0.2) is 48.8 Å². The molecule has 1 saturated carbocycles. The number of carboxylic acids is 1. The van der Waals surface area contributed by atoms with E-state index in [0.29, 0.717) is 6.54 Å². The molecule has 1 heterocycles. The molecule has 2 aromatic rings. The van der Waals surface area contributed by atoms with Crippen LogP contribution in [0.3, 0.4) is 0 Å². The second kappa shape index (κ2) is 6.28. The first-order chi connectivity index (χ1) is 10.7. The molecular weight excluding hydrogens is 276 g/mol. The van der Waals surface area contributed by atoms with Crippen molar-refractivity contribution < 1.29 is 9.90 Å². The highest BCUT2D eigenvalue weighted by molar-refractivity contribution is 5.68. The van der Waals surface area contributed by atoms with E-state index in [2.05, 4.69) is 34.6 Å². The quantitative estimate of drug-likeness (QED) is 0.859. The van der Waals surface area contributed by atoms with Crippen LogP contribution < -0.4 is 5.32 Å². The minimum atomic E-state index is -0.722. The maximum absolute atomic E-state index is 11.0. The number of benzene rings is 1. The molecule has 0 aliphatic heterocycles. The van der Waals surface area contributed by atoms with Gasteiger partial charge in [-0.1, -0.05) is 24.3 Å². The summed E-state index contributed by atoms with van der Waals surface area (Å²) in [5.74, 6) is -0.722. The Morgan fingerprint density at radius 2 is 1.73 bits per heavy atom. The summed E-state index contributed by atoms with van der Waals surface area (Å²) in [7, 11) is 0. The van der Waals surface area contributed by atoms with E-state index in [1.54, 1.807) is 12.4 Å². The van der Waals surface area contributed by atoms with Crippen LogP contribution in [0.2, 0.25) is 0 Å². The summed E-state index contributed by atoms with van der Waals surface area (Å²) in [5.41, 5.74) is 3.29. The first kappa shape index (κ1) is 14.7. The van der Waals surface area contributed by atoms with Gasteiger partial charge in [-0.05, 0) is 48.1 Å². The standard InChI is InChI=1S/C18H20N2O2/c21-17(22)12-18(8-1-9-18)20-13-14-2-4-15(5-3-14)16-6-10-19-11-7-16/h2-7,10-11,20H,1,8-9,12-13H2,(H,21,22). The van der Waals surface area contributed by atoms with Gasteiger partial charge < -0.3 is 10.4 Å². The highest BCUT2D eigenvalue weighted by Gasteiger charge is 2.38. The Bertz CT molecular complexity index is 634. The zero-order valence-corrected chi connectivity index (χ0v) is 12.5. The van der Waals surface area contributed by atoms with Crippen molar-refractivity contribution in [2.45, 2.75) is 37.8 Å². The molecule has 1 aliphatic carbocycles. The molecule has 0 saturated heterocycles. The lowest BCUT2D eigenvalue weighted by Gasteiger charge is -2.41. The summed E-state index contributed by atoms with van der Waals surface area (Å²) < 4.78 is 0. The maximum atomic E-state index is 11.0. The Kier molecular flexibility index (Phi) is 4.20. The van der Waals surface area contributed by atoms with Crippen LogP contribution in [-0.2, 0) is 11.3 Å². The molecule has 3 rings (SSSR count). The van der Waals surface area contributed by atoms with Crippen LogP contribution in [0, 0.1) is 0 Å². The number of nitrogens with one attached hydrogen (secondary N) is 1. The van der Waals surface area contributed by atoms with Crippen LogP contribution in [0.1, 0.15) is 31.2 Å². The first-order valence-corrected chi connectivity index (χ1v) is 7.63. The Morgan fingerprint density at radius 3 is 2.27 bits per heavy atom. The third-order valence-electron chi connectivity index (χ3n) is 4.44. The molecule has 0 spiro atoms. The molecule has 0 bridgehead atoms. The van der Waals surface area contributed by atoms with Crippen molar-refractivity contribution in [2.24, 2.45) is 0 Å². The molecular formula is C18H20N2O2. The van der Waals surface area contributed by atoms with Gasteiger partial charge in [-0.15, -0.1) is 0 Å². The van der Waals surface area contributed by atoms with Crippen molar-refractivity contribution in [1.29, 1.82) is 0 Å². The predicted octanol–water partition coefficient (Wildman–Crippen LogP) is 3.24. The van der Waals surface area contributed by atoms with Crippen molar-refractivity contribution in [1.82, 2.24) is 10.3 Å². The molecule has 1 fully saturated rings. The number of rotatable bonds is 6. The Hall–Kier alpha value is -2.20. The van der Waals surface area contributed by atoms with Gasteiger partial charge in [0.05, 0.1) is 6.42 Å². The van der Waals surface area contributed by atoms with Crippen LogP contribution in [-0.4, -0.2) is 21.6 Å². The van der Waals surface area contributed by atoms with E-state index in [1.807, 2.05) is 12.1 Å². The molecule has 22 heavy (non-hydrogen) atoms. The molecule has 0 unspecified atom stereocenters. The second-order valence-electron chi connectivity index (χ2n) is 5.99. The summed E-state index contributed by atoms with van der Waals surface area (Å²) in [6.07, 6.45) is 6.81. The number of carboxylic acid groups (broad SMARTS) is 1. The van der Waals surface area contributed by atoms with Crippen molar-refractivity contribution in [3.63, 3.8) is 0 Å². The van der Waals surface area contributed by atoms with Crippen molar-refractivity contribution >= 4 is 5.97 Å². The van der Waals surface area contributed by atoms with E-state index in [-0.39, 0.29) is 12.0 Å². The van der Waals surface area contributed by atoms with E-state index >= 15 is 0 Å². The summed E-state index contributed by atoms with van der Waals surface area (Å²) in [5, 5.41) is 12.5. The van der Waals surface area contributed by atoms with Gasteiger partial charge in [-0.25, -0.2) is 0 Å². The van der Waals surface area contributed by atoms with Gasteiger partial charge in [0.2, 0.25) is 0 Å². The summed E-state index contributed by atoms with van der Waals surface area (Å²) in [4.78, 5) is 15.0. The molecule has 1 aliphatic rings. The Balaban J connectivity index is 1.63. The van der Waals surface area contributed by atoms with E-state index in [4.69, 9.17) is 5.11 Å². The van der Waals surface area contributed by atoms with Gasteiger partial charge in [0.1, 0.15) is 0 Å². The molecule has 4 heteroatoms. The molecule has 1 aromatic carbocycles. The van der Waals surface area contributed by atoms with E-state index < -0.39 is 5.97 Å². The van der Waals surface area contributed by atoms with Gasteiger partial charge in [0.25, 0.3) is 0 Å². The van der Waals surface area contributed by atoms with Crippen LogP contribution in [0.4, 0.5) is 0 Å². The lowest BCUT2D eigenvalue weighted by atomic mass is 9.74. The average molecular weight is 296 g/mol. The highest BCUT2D eigenvalue weighted by Crippen LogP contribution is 2.35. The zero-order chi connectivity index (χ0) is 15.4. The summed E-state index contributed by atoms with van der Waals surface area (Å²) in [6.45, 7) is 0.712. The van der Waals surface area contributed by atoms with Crippen molar-refractivity contribution in [3.8, 4) is 11.1 Å². The number of carbonyl (C=O) groups is 1. The monoisotopic (exact) mass is 296 g/mol. The van der Waals surface area contributed by atoms with E-state index in [1.165, 1.54) is 5.56 Å².